The van der Waals surface area contributed by atoms with Gasteiger partial charge in [-0.1, -0.05) is 96.1 Å². The molecule has 0 amide bonds. The average Bonchev–Trinajstić information content (AvgIpc) is 2.95. The zero-order chi connectivity index (χ0) is 28.3. The molecule has 0 atom stereocenters. The molecule has 4 aromatic carbocycles. The van der Waals surface area contributed by atoms with Gasteiger partial charge in [-0.05, 0) is 49.2 Å². The molecule has 0 unspecified atom stereocenters. The number of hydrogen-bond acceptors (Lipinski definition) is 4. The van der Waals surface area contributed by atoms with Gasteiger partial charge in [0.2, 0.25) is 11.9 Å². The zero-order valence-corrected chi connectivity index (χ0v) is 23.7. The summed E-state index contributed by atoms with van der Waals surface area (Å²) in [6, 6.07) is 31.5. The van der Waals surface area contributed by atoms with Gasteiger partial charge in [0.1, 0.15) is 0 Å². The van der Waals surface area contributed by atoms with Gasteiger partial charge in [-0.25, -0.2) is 0 Å². The molecule has 204 valence electrons. The highest BCUT2D eigenvalue weighted by atomic mass is 32.2. The number of guanidine groups is 2. The van der Waals surface area contributed by atoms with Crippen LogP contribution in [0.3, 0.4) is 0 Å². The fourth-order valence-electron chi connectivity index (χ4n) is 4.18. The van der Waals surface area contributed by atoms with Crippen LogP contribution in [0.15, 0.2) is 128 Å². The summed E-state index contributed by atoms with van der Waals surface area (Å²) in [5.41, 5.74) is 3.51. The Labute approximate surface area is 235 Å². The first kappa shape index (κ1) is 27.3. The first-order valence-electron chi connectivity index (χ1n) is 12.6. The van der Waals surface area contributed by atoms with Crippen LogP contribution in [-0.2, 0) is 33.1 Å². The normalized spacial score (nSPS) is 13.7. The van der Waals surface area contributed by atoms with E-state index in [0.29, 0.717) is 0 Å². The Morgan fingerprint density at radius 3 is 1.15 bits per heavy atom. The Bertz CT molecular complexity index is 1620. The zero-order valence-electron chi connectivity index (χ0n) is 22.0. The van der Waals surface area contributed by atoms with E-state index in [-0.39, 0.29) is 34.8 Å². The van der Waals surface area contributed by atoms with Crippen molar-refractivity contribution in [2.75, 3.05) is 0 Å². The fourth-order valence-corrected chi connectivity index (χ4v) is 6.17. The lowest BCUT2D eigenvalue weighted by molar-refractivity contribution is 0.357. The summed E-state index contributed by atoms with van der Waals surface area (Å²) in [5, 5.41) is 0. The lowest BCUT2D eigenvalue weighted by atomic mass is 10.1. The maximum absolute atomic E-state index is 13.4. The van der Waals surface area contributed by atoms with Crippen LogP contribution >= 0.6 is 0 Å². The van der Waals surface area contributed by atoms with Crippen molar-refractivity contribution < 1.29 is 16.8 Å². The fraction of sp³-hybridized carbons (Fsp3) is 0.133. The van der Waals surface area contributed by atoms with Crippen LogP contribution in [-0.4, -0.2) is 38.6 Å². The predicted molar refractivity (Wildman–Crippen MR) is 156 cm³/mol. The third kappa shape index (κ3) is 5.98. The summed E-state index contributed by atoms with van der Waals surface area (Å²) in [5.74, 6) is 0.178. The van der Waals surface area contributed by atoms with Crippen LogP contribution < -0.4 is 0 Å². The predicted octanol–water partition coefficient (Wildman–Crippen LogP) is 5.11. The molecule has 4 aromatic rings. The molecule has 0 aliphatic carbocycles. The number of sulfonamides is 2. The second-order valence-corrected chi connectivity index (χ2v) is 12.7. The highest BCUT2D eigenvalue weighted by molar-refractivity contribution is 7.90. The molecule has 8 nitrogen and oxygen atoms in total. The van der Waals surface area contributed by atoms with Crippen LogP contribution in [0, 0.1) is 13.8 Å². The molecule has 40 heavy (non-hydrogen) atoms. The van der Waals surface area contributed by atoms with E-state index in [2.05, 4.69) is 8.80 Å². The summed E-state index contributed by atoms with van der Waals surface area (Å²) in [7, 11) is -8.22. The van der Waals surface area contributed by atoms with Gasteiger partial charge >= 0.3 is 0 Å². The first-order chi connectivity index (χ1) is 19.1. The highest BCUT2D eigenvalue weighted by Gasteiger charge is 2.42. The standard InChI is InChI=1S/C30H28N4O4S2/c1-23-13-17-27(18-14-23)39(35,36)31-29-33(21-25-9-5-3-6-10-25)30(34(29)22-26-11-7-4-8-12-26)32-40(37,38)28-19-15-24(2)16-20-28/h3-20H,21-22H2,1-2H3. The minimum Gasteiger partial charge on any atom is -0.276 e. The second-order valence-electron chi connectivity index (χ2n) is 9.50. The van der Waals surface area contributed by atoms with Gasteiger partial charge in [-0.3, -0.25) is 9.80 Å². The lowest BCUT2D eigenvalue weighted by Gasteiger charge is -2.45. The van der Waals surface area contributed by atoms with E-state index in [1.165, 1.54) is 34.1 Å². The molecule has 0 radical (unpaired) electrons. The minimum atomic E-state index is -4.11. The first-order valence-corrected chi connectivity index (χ1v) is 15.5. The van der Waals surface area contributed by atoms with Gasteiger partial charge in [-0.15, -0.1) is 8.80 Å². The quantitative estimate of drug-likeness (QED) is 0.291. The van der Waals surface area contributed by atoms with Crippen LogP contribution in [0.1, 0.15) is 22.3 Å². The summed E-state index contributed by atoms with van der Waals surface area (Å²) in [6.45, 7) is 4.09. The maximum Gasteiger partial charge on any atom is 0.285 e. The van der Waals surface area contributed by atoms with Crippen molar-refractivity contribution in [3.05, 3.63) is 131 Å². The van der Waals surface area contributed by atoms with Crippen molar-refractivity contribution in [2.24, 2.45) is 8.80 Å². The molecule has 0 aromatic heterocycles. The van der Waals surface area contributed by atoms with Crippen LogP contribution in [0.4, 0.5) is 0 Å². The molecule has 0 saturated carbocycles. The van der Waals surface area contributed by atoms with Gasteiger partial charge in [0.15, 0.2) is 0 Å². The summed E-state index contributed by atoms with van der Waals surface area (Å²) in [6.07, 6.45) is 0. The molecule has 0 bridgehead atoms. The molecule has 0 spiro atoms. The summed E-state index contributed by atoms with van der Waals surface area (Å²) >= 11 is 0. The summed E-state index contributed by atoms with van der Waals surface area (Å²) < 4.78 is 62.0. The van der Waals surface area contributed by atoms with Crippen LogP contribution in [0.2, 0.25) is 0 Å². The smallest absolute Gasteiger partial charge is 0.276 e. The van der Waals surface area contributed by atoms with Gasteiger partial charge in [0, 0.05) is 0 Å². The molecule has 10 heteroatoms. The van der Waals surface area contributed by atoms with Crippen molar-refractivity contribution in [2.45, 2.75) is 36.7 Å². The number of benzene rings is 4. The highest BCUT2D eigenvalue weighted by Crippen LogP contribution is 2.27. The van der Waals surface area contributed by atoms with E-state index >= 15 is 0 Å². The van der Waals surface area contributed by atoms with Crippen molar-refractivity contribution >= 4 is 32.0 Å². The Kier molecular flexibility index (Phi) is 7.55. The molecule has 1 fully saturated rings. The van der Waals surface area contributed by atoms with Crippen molar-refractivity contribution in [1.29, 1.82) is 0 Å². The monoisotopic (exact) mass is 572 g/mol. The molecule has 1 saturated heterocycles. The minimum absolute atomic E-state index is 0.0441. The number of hydrogen-bond donors (Lipinski definition) is 0. The SMILES string of the molecule is Cc1ccc(S(=O)(=O)N=C2N(Cc3ccccc3)C(=NS(=O)(=O)c3ccc(C)cc3)N2Cc2ccccc2)cc1. The molecular weight excluding hydrogens is 544 g/mol. The topological polar surface area (TPSA) is 99.5 Å². The van der Waals surface area contributed by atoms with Crippen molar-refractivity contribution in [1.82, 2.24) is 9.80 Å². The van der Waals surface area contributed by atoms with E-state index in [1.54, 1.807) is 24.3 Å². The third-order valence-electron chi connectivity index (χ3n) is 6.37. The molecule has 0 N–H and O–H groups in total. The summed E-state index contributed by atoms with van der Waals surface area (Å²) in [4.78, 5) is 3.14. The van der Waals surface area contributed by atoms with E-state index in [4.69, 9.17) is 0 Å². The van der Waals surface area contributed by atoms with Crippen molar-refractivity contribution in [3.63, 3.8) is 0 Å². The Morgan fingerprint density at radius 1 is 0.500 bits per heavy atom. The van der Waals surface area contributed by atoms with E-state index in [1.807, 2.05) is 74.5 Å². The van der Waals surface area contributed by atoms with E-state index < -0.39 is 20.0 Å². The molecular formula is C30H28N4O4S2. The van der Waals surface area contributed by atoms with Gasteiger partial charge in [0.25, 0.3) is 20.0 Å². The molecule has 1 aliphatic heterocycles. The van der Waals surface area contributed by atoms with Gasteiger partial charge in [-0.2, -0.15) is 16.8 Å². The molecule has 1 heterocycles. The Morgan fingerprint density at radius 2 is 0.825 bits per heavy atom. The average molecular weight is 573 g/mol. The van der Waals surface area contributed by atoms with Gasteiger partial charge in [0.05, 0.1) is 22.9 Å². The Hall–Kier alpha value is -4.28. The van der Waals surface area contributed by atoms with Gasteiger partial charge < -0.3 is 0 Å². The largest absolute Gasteiger partial charge is 0.285 e. The van der Waals surface area contributed by atoms with E-state index in [9.17, 15) is 16.8 Å². The lowest BCUT2D eigenvalue weighted by Crippen LogP contribution is -2.64. The Balaban J connectivity index is 1.63. The van der Waals surface area contributed by atoms with Crippen LogP contribution in [0.25, 0.3) is 0 Å². The number of aryl methyl sites for hydroxylation is 2. The number of nitrogens with zero attached hydrogens (tertiary/aromatic N) is 4. The maximum atomic E-state index is 13.4. The van der Waals surface area contributed by atoms with E-state index in [0.717, 1.165) is 22.3 Å². The molecule has 5 rings (SSSR count). The number of rotatable bonds is 8. The third-order valence-corrected chi connectivity index (χ3v) is 8.92. The van der Waals surface area contributed by atoms with Crippen molar-refractivity contribution in [3.8, 4) is 0 Å². The second kappa shape index (κ2) is 11.1. The van der Waals surface area contributed by atoms with Crippen LogP contribution in [0.5, 0.6) is 0 Å². The molecule has 1 aliphatic rings.